The second kappa shape index (κ2) is 11.1. The summed E-state index contributed by atoms with van der Waals surface area (Å²) in [6.07, 6.45) is 1.02. The standard InChI is InChI=1S/C24H30FN7O3S/c1-4-35-21-15-17(32-13-11-31(3)12-14-32)9-10-19(21)29-24-27-16-18(25)23(30-24)28-20-7-5-6-8-22(20)36(33,34)26-2/h5-10,15-16,26H,4,11-14H2,1-3H3,(H2,27,28,29,30). The molecule has 3 N–H and O–H groups in total. The Kier molecular flexibility index (Phi) is 7.87. The third-order valence-corrected chi connectivity index (χ3v) is 7.29. The lowest BCUT2D eigenvalue weighted by Gasteiger charge is -2.34. The van der Waals surface area contributed by atoms with Crippen LogP contribution in [0.1, 0.15) is 6.92 Å². The van der Waals surface area contributed by atoms with E-state index in [1.807, 2.05) is 25.1 Å². The van der Waals surface area contributed by atoms with Crippen molar-refractivity contribution in [1.82, 2.24) is 19.6 Å². The molecule has 0 unspecified atom stereocenters. The maximum Gasteiger partial charge on any atom is 0.242 e. The van der Waals surface area contributed by atoms with Crippen LogP contribution in [0.15, 0.2) is 53.6 Å². The van der Waals surface area contributed by atoms with Crippen molar-refractivity contribution < 1.29 is 17.5 Å². The van der Waals surface area contributed by atoms with Gasteiger partial charge in [0.2, 0.25) is 16.0 Å². The number of anilines is 5. The van der Waals surface area contributed by atoms with Gasteiger partial charge in [-0.05, 0) is 45.3 Å². The lowest BCUT2D eigenvalue weighted by molar-refractivity contribution is 0.312. The van der Waals surface area contributed by atoms with Crippen LogP contribution in [0.25, 0.3) is 0 Å². The SMILES string of the molecule is CCOc1cc(N2CCN(C)CC2)ccc1Nc1ncc(F)c(Nc2ccccc2S(=O)(=O)NC)n1. The summed E-state index contributed by atoms with van der Waals surface area (Å²) in [4.78, 5) is 12.9. The molecule has 0 bridgehead atoms. The van der Waals surface area contributed by atoms with Crippen LogP contribution in [0.5, 0.6) is 5.75 Å². The highest BCUT2D eigenvalue weighted by atomic mass is 32.2. The zero-order chi connectivity index (χ0) is 25.7. The van der Waals surface area contributed by atoms with Gasteiger partial charge in [0.15, 0.2) is 11.6 Å². The summed E-state index contributed by atoms with van der Waals surface area (Å²) in [5, 5.41) is 5.87. The second-order valence-electron chi connectivity index (χ2n) is 8.25. The lowest BCUT2D eigenvalue weighted by Crippen LogP contribution is -2.44. The first kappa shape index (κ1) is 25.6. The zero-order valence-electron chi connectivity index (χ0n) is 20.5. The Balaban J connectivity index is 1.59. The molecule has 1 aromatic heterocycles. The molecule has 0 spiro atoms. The Morgan fingerprint density at radius 1 is 1.06 bits per heavy atom. The van der Waals surface area contributed by atoms with Crippen molar-refractivity contribution in [2.45, 2.75) is 11.8 Å². The highest BCUT2D eigenvalue weighted by Gasteiger charge is 2.19. The molecular formula is C24H30FN7O3S. The monoisotopic (exact) mass is 515 g/mol. The van der Waals surface area contributed by atoms with E-state index >= 15 is 0 Å². The Labute approximate surface area is 210 Å². The van der Waals surface area contributed by atoms with Crippen molar-refractivity contribution in [2.75, 3.05) is 62.4 Å². The Morgan fingerprint density at radius 2 is 1.81 bits per heavy atom. The Morgan fingerprint density at radius 3 is 2.53 bits per heavy atom. The molecule has 0 aliphatic carbocycles. The summed E-state index contributed by atoms with van der Waals surface area (Å²) < 4.78 is 47.4. The van der Waals surface area contributed by atoms with E-state index in [0.717, 1.165) is 38.1 Å². The van der Waals surface area contributed by atoms with Gasteiger partial charge in [0.25, 0.3) is 0 Å². The summed E-state index contributed by atoms with van der Waals surface area (Å²) in [6.45, 7) is 6.20. The molecule has 0 amide bonds. The van der Waals surface area contributed by atoms with E-state index in [1.54, 1.807) is 12.1 Å². The second-order valence-corrected chi connectivity index (χ2v) is 10.1. The first-order valence-electron chi connectivity index (χ1n) is 11.6. The molecule has 36 heavy (non-hydrogen) atoms. The number of nitrogens with zero attached hydrogens (tertiary/aromatic N) is 4. The number of likely N-dealkylation sites (N-methyl/N-ethyl adjacent to an activating group) is 1. The molecule has 192 valence electrons. The smallest absolute Gasteiger partial charge is 0.242 e. The van der Waals surface area contributed by atoms with E-state index in [2.05, 4.69) is 42.2 Å². The van der Waals surface area contributed by atoms with Crippen molar-refractivity contribution in [3.05, 3.63) is 54.5 Å². The number of hydrogen-bond donors (Lipinski definition) is 3. The predicted octanol–water partition coefficient (Wildman–Crippen LogP) is 3.16. The number of rotatable bonds is 9. The van der Waals surface area contributed by atoms with Gasteiger partial charge in [-0.3, -0.25) is 0 Å². The third kappa shape index (κ3) is 5.83. The minimum Gasteiger partial charge on any atom is -0.492 e. The molecule has 1 saturated heterocycles. The number of sulfonamides is 1. The molecule has 3 aromatic rings. The maximum atomic E-state index is 14.6. The number of piperazine rings is 1. The van der Waals surface area contributed by atoms with Crippen LogP contribution in [-0.4, -0.2) is 70.2 Å². The van der Waals surface area contributed by atoms with Crippen molar-refractivity contribution in [3.63, 3.8) is 0 Å². The quantitative estimate of drug-likeness (QED) is 0.396. The van der Waals surface area contributed by atoms with Crippen molar-refractivity contribution in [1.29, 1.82) is 0 Å². The Hall–Kier alpha value is -3.48. The minimum absolute atomic E-state index is 0.0295. The van der Waals surface area contributed by atoms with Gasteiger partial charge in [0.1, 0.15) is 10.6 Å². The van der Waals surface area contributed by atoms with Crippen molar-refractivity contribution in [3.8, 4) is 5.75 Å². The van der Waals surface area contributed by atoms with Crippen LogP contribution in [-0.2, 0) is 10.0 Å². The summed E-state index contributed by atoms with van der Waals surface area (Å²) in [6, 6.07) is 12.0. The number of aromatic nitrogens is 2. The van der Waals surface area contributed by atoms with E-state index in [1.165, 1.54) is 19.2 Å². The highest BCUT2D eigenvalue weighted by Crippen LogP contribution is 2.33. The predicted molar refractivity (Wildman–Crippen MR) is 139 cm³/mol. The number of para-hydroxylation sites is 1. The molecule has 12 heteroatoms. The molecular weight excluding hydrogens is 485 g/mol. The summed E-state index contributed by atoms with van der Waals surface area (Å²) in [5.74, 6) is -0.145. The zero-order valence-corrected chi connectivity index (χ0v) is 21.3. The van der Waals surface area contributed by atoms with E-state index in [0.29, 0.717) is 18.0 Å². The summed E-state index contributed by atoms with van der Waals surface area (Å²) in [5.41, 5.74) is 1.87. The first-order valence-corrected chi connectivity index (χ1v) is 13.1. The van der Waals surface area contributed by atoms with Crippen LogP contribution in [0.4, 0.5) is 33.2 Å². The average molecular weight is 516 g/mol. The summed E-state index contributed by atoms with van der Waals surface area (Å²) in [7, 11) is -0.345. The topological polar surface area (TPSA) is 112 Å². The van der Waals surface area contributed by atoms with Gasteiger partial charge in [-0.25, -0.2) is 22.5 Å². The van der Waals surface area contributed by atoms with Gasteiger partial charge >= 0.3 is 0 Å². The number of nitrogens with one attached hydrogen (secondary N) is 3. The van der Waals surface area contributed by atoms with E-state index in [-0.39, 0.29) is 22.3 Å². The molecule has 0 radical (unpaired) electrons. The highest BCUT2D eigenvalue weighted by molar-refractivity contribution is 7.89. The van der Waals surface area contributed by atoms with Gasteiger partial charge in [-0.2, -0.15) is 4.98 Å². The van der Waals surface area contributed by atoms with E-state index in [9.17, 15) is 12.8 Å². The molecule has 2 heterocycles. The van der Waals surface area contributed by atoms with E-state index < -0.39 is 15.8 Å². The molecule has 2 aromatic carbocycles. The van der Waals surface area contributed by atoms with Gasteiger partial charge in [0.05, 0.1) is 24.2 Å². The first-order chi connectivity index (χ1) is 17.3. The average Bonchev–Trinajstić information content (AvgIpc) is 2.88. The number of hydrogen-bond acceptors (Lipinski definition) is 9. The van der Waals surface area contributed by atoms with Crippen molar-refractivity contribution >= 4 is 38.9 Å². The van der Waals surface area contributed by atoms with Gasteiger partial charge in [-0.15, -0.1) is 0 Å². The largest absolute Gasteiger partial charge is 0.492 e. The number of benzene rings is 2. The minimum atomic E-state index is -3.77. The van der Waals surface area contributed by atoms with Gasteiger partial charge in [-0.1, -0.05) is 12.1 Å². The Bertz CT molecular complexity index is 1310. The van der Waals surface area contributed by atoms with Gasteiger partial charge < -0.3 is 25.2 Å². The fraction of sp³-hybridized carbons (Fsp3) is 0.333. The van der Waals surface area contributed by atoms with Crippen LogP contribution in [0, 0.1) is 5.82 Å². The molecule has 1 fully saturated rings. The van der Waals surface area contributed by atoms with E-state index in [4.69, 9.17) is 4.74 Å². The third-order valence-electron chi connectivity index (χ3n) is 5.82. The number of halogens is 1. The van der Waals surface area contributed by atoms with Gasteiger partial charge in [0, 0.05) is 37.9 Å². The molecule has 1 aliphatic heterocycles. The molecule has 4 rings (SSSR count). The van der Waals surface area contributed by atoms with Crippen LogP contribution in [0.3, 0.4) is 0 Å². The molecule has 0 atom stereocenters. The van der Waals surface area contributed by atoms with Crippen molar-refractivity contribution in [2.24, 2.45) is 0 Å². The fourth-order valence-corrected chi connectivity index (χ4v) is 4.71. The maximum absolute atomic E-state index is 14.6. The van der Waals surface area contributed by atoms with Crippen LogP contribution >= 0.6 is 0 Å². The fourth-order valence-electron chi connectivity index (χ4n) is 3.83. The summed E-state index contributed by atoms with van der Waals surface area (Å²) >= 11 is 0. The number of ether oxygens (including phenoxy) is 1. The molecule has 10 nitrogen and oxygen atoms in total. The van der Waals surface area contributed by atoms with Crippen LogP contribution < -0.4 is 25.0 Å². The molecule has 0 saturated carbocycles. The normalized spacial score (nSPS) is 14.5. The van der Waals surface area contributed by atoms with Crippen LogP contribution in [0.2, 0.25) is 0 Å². The molecule has 1 aliphatic rings. The lowest BCUT2D eigenvalue weighted by atomic mass is 10.2.